The number of nitrogens with one attached hydrogen (secondary N) is 2. The largest absolute Gasteiger partial charge is 0.381 e. The topological polar surface area (TPSA) is 92.8 Å². The van der Waals surface area contributed by atoms with E-state index in [4.69, 9.17) is 4.74 Å². The summed E-state index contributed by atoms with van der Waals surface area (Å²) in [6.45, 7) is 0. The van der Waals surface area contributed by atoms with Gasteiger partial charge in [-0.3, -0.25) is 4.79 Å². The first-order valence-corrected chi connectivity index (χ1v) is 8.81. The van der Waals surface area contributed by atoms with Gasteiger partial charge in [-0.25, -0.2) is 0 Å². The van der Waals surface area contributed by atoms with Crippen LogP contribution in [-0.2, 0) is 9.53 Å². The fraction of sp³-hybridized carbons (Fsp3) is 0.500. The van der Waals surface area contributed by atoms with Crippen molar-refractivity contribution in [3.05, 3.63) is 22.7 Å². The number of ether oxygens (including phenoxy) is 1. The van der Waals surface area contributed by atoms with Gasteiger partial charge in [0.25, 0.3) is 0 Å². The number of nitrogens with zero attached hydrogens (tertiary/aromatic N) is 3. The SMILES string of the molecule is COC1CCC(CC(=O)Nc2ccc(Br)c(-c3nn[nH]n3)c2)CC1. The van der Waals surface area contributed by atoms with Gasteiger partial charge < -0.3 is 10.1 Å². The zero-order valence-electron chi connectivity index (χ0n) is 13.5. The number of H-pyrrole nitrogens is 1. The molecule has 3 rings (SSSR count). The van der Waals surface area contributed by atoms with Gasteiger partial charge in [-0.15, -0.1) is 10.2 Å². The van der Waals surface area contributed by atoms with Gasteiger partial charge in [0, 0.05) is 29.3 Å². The number of rotatable bonds is 5. The molecule has 1 aromatic carbocycles. The van der Waals surface area contributed by atoms with E-state index < -0.39 is 0 Å². The molecular formula is C16H20BrN5O2. The smallest absolute Gasteiger partial charge is 0.224 e. The summed E-state index contributed by atoms with van der Waals surface area (Å²) in [6.07, 6.45) is 5.06. The third-order valence-electron chi connectivity index (χ3n) is 4.44. The number of anilines is 1. The Morgan fingerprint density at radius 2 is 2.17 bits per heavy atom. The van der Waals surface area contributed by atoms with Crippen molar-refractivity contribution in [1.29, 1.82) is 0 Å². The van der Waals surface area contributed by atoms with Crippen molar-refractivity contribution in [2.45, 2.75) is 38.2 Å². The molecule has 1 saturated carbocycles. The molecule has 1 aromatic heterocycles. The minimum Gasteiger partial charge on any atom is -0.381 e. The molecule has 1 heterocycles. The summed E-state index contributed by atoms with van der Waals surface area (Å²) in [4.78, 5) is 12.3. The molecule has 7 nitrogen and oxygen atoms in total. The quantitative estimate of drug-likeness (QED) is 0.813. The maximum Gasteiger partial charge on any atom is 0.224 e. The molecule has 0 unspecified atom stereocenters. The van der Waals surface area contributed by atoms with Crippen LogP contribution in [0.3, 0.4) is 0 Å². The molecule has 1 amide bonds. The highest BCUT2D eigenvalue weighted by Gasteiger charge is 2.23. The molecule has 0 radical (unpaired) electrons. The second kappa shape index (κ2) is 7.85. The van der Waals surface area contributed by atoms with Gasteiger partial charge in [-0.05, 0) is 55.0 Å². The summed E-state index contributed by atoms with van der Waals surface area (Å²) in [7, 11) is 1.76. The molecule has 0 atom stereocenters. The lowest BCUT2D eigenvalue weighted by Gasteiger charge is -2.27. The molecule has 2 N–H and O–H groups in total. The van der Waals surface area contributed by atoms with Gasteiger partial charge in [-0.1, -0.05) is 15.9 Å². The number of carbonyl (C=O) groups is 1. The molecule has 0 bridgehead atoms. The number of hydrogen-bond acceptors (Lipinski definition) is 5. The number of aromatic amines is 1. The Balaban J connectivity index is 1.60. The maximum absolute atomic E-state index is 12.3. The van der Waals surface area contributed by atoms with Gasteiger partial charge in [-0.2, -0.15) is 5.21 Å². The molecule has 1 aliphatic carbocycles. The van der Waals surface area contributed by atoms with Crippen LogP contribution in [0, 0.1) is 5.92 Å². The Morgan fingerprint density at radius 1 is 1.38 bits per heavy atom. The molecule has 0 spiro atoms. The first-order valence-electron chi connectivity index (χ1n) is 8.01. The molecule has 0 saturated heterocycles. The number of methoxy groups -OCH3 is 1. The fourth-order valence-electron chi connectivity index (χ4n) is 3.10. The fourth-order valence-corrected chi connectivity index (χ4v) is 3.52. The number of carbonyl (C=O) groups excluding carboxylic acids is 1. The van der Waals surface area contributed by atoms with Crippen molar-refractivity contribution < 1.29 is 9.53 Å². The molecule has 0 aliphatic heterocycles. The number of aromatic nitrogens is 4. The summed E-state index contributed by atoms with van der Waals surface area (Å²) in [5, 5.41) is 16.9. The number of benzene rings is 1. The number of amides is 1. The molecule has 1 aliphatic rings. The van der Waals surface area contributed by atoms with Gasteiger partial charge in [0.15, 0.2) is 0 Å². The van der Waals surface area contributed by atoms with E-state index >= 15 is 0 Å². The monoisotopic (exact) mass is 393 g/mol. The van der Waals surface area contributed by atoms with Crippen LogP contribution in [0.15, 0.2) is 22.7 Å². The van der Waals surface area contributed by atoms with Gasteiger partial charge in [0.1, 0.15) is 0 Å². The van der Waals surface area contributed by atoms with E-state index in [9.17, 15) is 4.79 Å². The van der Waals surface area contributed by atoms with Crippen LogP contribution in [0.5, 0.6) is 0 Å². The predicted molar refractivity (Wildman–Crippen MR) is 93.3 cm³/mol. The number of tetrazole rings is 1. The lowest BCUT2D eigenvalue weighted by atomic mass is 9.85. The Hall–Kier alpha value is -1.80. The Labute approximate surface area is 148 Å². The van der Waals surface area contributed by atoms with Crippen molar-refractivity contribution in [1.82, 2.24) is 20.6 Å². The highest BCUT2D eigenvalue weighted by Crippen LogP contribution is 2.30. The summed E-state index contributed by atoms with van der Waals surface area (Å²) >= 11 is 3.46. The van der Waals surface area contributed by atoms with Crippen LogP contribution in [0.1, 0.15) is 32.1 Å². The minimum absolute atomic E-state index is 0.0391. The highest BCUT2D eigenvalue weighted by molar-refractivity contribution is 9.10. The summed E-state index contributed by atoms with van der Waals surface area (Å²) in [5.41, 5.74) is 1.51. The minimum atomic E-state index is 0.0391. The molecule has 24 heavy (non-hydrogen) atoms. The van der Waals surface area contributed by atoms with E-state index in [1.807, 2.05) is 18.2 Å². The van der Waals surface area contributed by atoms with Crippen molar-refractivity contribution >= 4 is 27.5 Å². The van der Waals surface area contributed by atoms with E-state index in [1.165, 1.54) is 0 Å². The maximum atomic E-state index is 12.3. The first-order chi connectivity index (χ1) is 11.7. The zero-order chi connectivity index (χ0) is 16.9. The van der Waals surface area contributed by atoms with Crippen LogP contribution in [-0.4, -0.2) is 39.7 Å². The normalized spacial score (nSPS) is 20.8. The first kappa shape index (κ1) is 17.0. The summed E-state index contributed by atoms with van der Waals surface area (Å²) in [5.74, 6) is 0.955. The average Bonchev–Trinajstić information content (AvgIpc) is 3.11. The Morgan fingerprint density at radius 3 is 2.83 bits per heavy atom. The van der Waals surface area contributed by atoms with Crippen LogP contribution < -0.4 is 5.32 Å². The summed E-state index contributed by atoms with van der Waals surface area (Å²) in [6, 6.07) is 5.56. The lowest BCUT2D eigenvalue weighted by Crippen LogP contribution is -2.24. The second-order valence-electron chi connectivity index (χ2n) is 6.06. The molecular weight excluding hydrogens is 374 g/mol. The van der Waals surface area contributed by atoms with E-state index in [0.717, 1.165) is 41.4 Å². The van der Waals surface area contributed by atoms with Crippen LogP contribution in [0.2, 0.25) is 0 Å². The molecule has 2 aromatic rings. The van der Waals surface area contributed by atoms with Crippen molar-refractivity contribution in [2.24, 2.45) is 5.92 Å². The van der Waals surface area contributed by atoms with E-state index in [0.29, 0.717) is 24.3 Å². The Bertz CT molecular complexity index is 684. The van der Waals surface area contributed by atoms with Gasteiger partial charge in [0.2, 0.25) is 11.7 Å². The van der Waals surface area contributed by atoms with Crippen LogP contribution >= 0.6 is 15.9 Å². The van der Waals surface area contributed by atoms with E-state index in [1.54, 1.807) is 7.11 Å². The zero-order valence-corrected chi connectivity index (χ0v) is 15.0. The van der Waals surface area contributed by atoms with Crippen LogP contribution in [0.25, 0.3) is 11.4 Å². The lowest BCUT2D eigenvalue weighted by molar-refractivity contribution is -0.117. The van der Waals surface area contributed by atoms with Crippen molar-refractivity contribution in [3.63, 3.8) is 0 Å². The van der Waals surface area contributed by atoms with E-state index in [2.05, 4.69) is 41.9 Å². The Kier molecular flexibility index (Phi) is 5.57. The van der Waals surface area contributed by atoms with Gasteiger partial charge >= 0.3 is 0 Å². The molecule has 128 valence electrons. The summed E-state index contributed by atoms with van der Waals surface area (Å²) < 4.78 is 6.22. The second-order valence-corrected chi connectivity index (χ2v) is 6.92. The third kappa shape index (κ3) is 4.18. The number of halogens is 1. The van der Waals surface area contributed by atoms with Crippen LogP contribution in [0.4, 0.5) is 5.69 Å². The highest BCUT2D eigenvalue weighted by atomic mass is 79.9. The number of hydrogen-bond donors (Lipinski definition) is 2. The molecule has 1 fully saturated rings. The standard InChI is InChI=1S/C16H20BrN5O2/c1-24-12-5-2-10(3-6-12)8-15(23)18-11-4-7-14(17)13(9-11)16-19-21-22-20-16/h4,7,9-10,12H,2-3,5-6,8H2,1H3,(H,18,23)(H,19,20,21,22). The van der Waals surface area contributed by atoms with Crippen molar-refractivity contribution in [2.75, 3.05) is 12.4 Å². The average molecular weight is 394 g/mol. The molecule has 8 heteroatoms. The third-order valence-corrected chi connectivity index (χ3v) is 5.13. The van der Waals surface area contributed by atoms with E-state index in [-0.39, 0.29) is 5.91 Å². The van der Waals surface area contributed by atoms with Gasteiger partial charge in [0.05, 0.1) is 6.10 Å². The predicted octanol–water partition coefficient (Wildman–Crippen LogP) is 3.16. The van der Waals surface area contributed by atoms with Crippen molar-refractivity contribution in [3.8, 4) is 11.4 Å².